The predicted molar refractivity (Wildman–Crippen MR) is 85.0 cm³/mol. The molecule has 1 heteroatoms. The summed E-state index contributed by atoms with van der Waals surface area (Å²) < 4.78 is 0. The van der Waals surface area contributed by atoms with Crippen molar-refractivity contribution in [2.24, 2.45) is 0 Å². The Morgan fingerprint density at radius 2 is 1.80 bits per heavy atom. The van der Waals surface area contributed by atoms with Crippen LogP contribution in [0.3, 0.4) is 0 Å². The van der Waals surface area contributed by atoms with E-state index in [0.717, 1.165) is 19.4 Å². The van der Waals surface area contributed by atoms with Crippen LogP contribution >= 0.6 is 0 Å². The van der Waals surface area contributed by atoms with Crippen molar-refractivity contribution >= 4 is 0 Å². The van der Waals surface area contributed by atoms with Gasteiger partial charge in [0.05, 0.1) is 0 Å². The van der Waals surface area contributed by atoms with Crippen molar-refractivity contribution in [3.8, 4) is 0 Å². The molecule has 1 aliphatic carbocycles. The first-order valence-electron chi connectivity index (χ1n) is 7.35. The molecule has 1 nitrogen and oxygen atoms in total. The quantitative estimate of drug-likeness (QED) is 0.825. The topological polar surface area (TPSA) is 12.0 Å². The van der Waals surface area contributed by atoms with Crippen molar-refractivity contribution < 1.29 is 0 Å². The predicted octanol–water partition coefficient (Wildman–Crippen LogP) is 3.91. The van der Waals surface area contributed by atoms with Crippen molar-refractivity contribution in [1.82, 2.24) is 5.32 Å². The summed E-state index contributed by atoms with van der Waals surface area (Å²) in [5, 5.41) is 3.59. The Morgan fingerprint density at radius 1 is 1.05 bits per heavy atom. The van der Waals surface area contributed by atoms with Crippen molar-refractivity contribution in [3.05, 3.63) is 83.9 Å². The average Bonchev–Trinajstić information content (AvgIpc) is 2.53. The summed E-state index contributed by atoms with van der Waals surface area (Å²) >= 11 is 0. The minimum absolute atomic E-state index is 0.503. The fraction of sp³-hybridized carbons (Fsp3) is 0.263. The van der Waals surface area contributed by atoms with E-state index in [9.17, 15) is 0 Å². The standard InChI is InChI=1S/C19H21N/c1-2-12-20-17-13-16-10-6-7-11-18(16)19(14-17)15-8-4-3-5-9-15/h2-11,17,19-20H,1,12-14H2/t17-,19-/m1/s1. The maximum Gasteiger partial charge on any atom is 0.0135 e. The first-order valence-corrected chi connectivity index (χ1v) is 7.35. The van der Waals surface area contributed by atoms with Crippen molar-refractivity contribution in [2.45, 2.75) is 24.8 Å². The van der Waals surface area contributed by atoms with Gasteiger partial charge >= 0.3 is 0 Å². The smallest absolute Gasteiger partial charge is 0.0135 e. The molecule has 0 unspecified atom stereocenters. The van der Waals surface area contributed by atoms with Gasteiger partial charge in [-0.2, -0.15) is 0 Å². The largest absolute Gasteiger partial charge is 0.310 e. The molecule has 2 aromatic rings. The Hall–Kier alpha value is -1.86. The monoisotopic (exact) mass is 263 g/mol. The van der Waals surface area contributed by atoms with Crippen LogP contribution in [0.1, 0.15) is 29.0 Å². The van der Waals surface area contributed by atoms with E-state index in [-0.39, 0.29) is 0 Å². The molecule has 1 aliphatic rings. The molecule has 1 N–H and O–H groups in total. The maximum absolute atomic E-state index is 3.80. The minimum Gasteiger partial charge on any atom is -0.310 e. The van der Waals surface area contributed by atoms with Gasteiger partial charge in [0.15, 0.2) is 0 Å². The highest BCUT2D eigenvalue weighted by Crippen LogP contribution is 2.36. The third-order valence-corrected chi connectivity index (χ3v) is 4.17. The van der Waals surface area contributed by atoms with E-state index in [1.807, 2.05) is 6.08 Å². The van der Waals surface area contributed by atoms with E-state index in [1.165, 1.54) is 16.7 Å². The van der Waals surface area contributed by atoms with Gasteiger partial charge in [-0.1, -0.05) is 60.7 Å². The zero-order chi connectivity index (χ0) is 13.8. The van der Waals surface area contributed by atoms with Gasteiger partial charge in [-0.05, 0) is 29.5 Å². The fourth-order valence-electron chi connectivity index (χ4n) is 3.23. The van der Waals surface area contributed by atoms with Gasteiger partial charge in [-0.15, -0.1) is 6.58 Å². The van der Waals surface area contributed by atoms with Crippen LogP contribution in [0.5, 0.6) is 0 Å². The molecule has 0 aromatic heterocycles. The van der Waals surface area contributed by atoms with E-state index in [2.05, 4.69) is 66.5 Å². The number of hydrogen-bond acceptors (Lipinski definition) is 1. The number of rotatable bonds is 4. The molecule has 20 heavy (non-hydrogen) atoms. The van der Waals surface area contributed by atoms with Gasteiger partial charge in [0.2, 0.25) is 0 Å². The number of fused-ring (bicyclic) bond motifs is 1. The molecule has 0 aliphatic heterocycles. The Balaban J connectivity index is 1.93. The van der Waals surface area contributed by atoms with Crippen LogP contribution < -0.4 is 5.32 Å². The zero-order valence-electron chi connectivity index (χ0n) is 11.8. The molecule has 2 aromatic carbocycles. The van der Waals surface area contributed by atoms with Gasteiger partial charge in [0.25, 0.3) is 0 Å². The van der Waals surface area contributed by atoms with E-state index in [1.54, 1.807) is 0 Å². The van der Waals surface area contributed by atoms with Gasteiger partial charge in [-0.3, -0.25) is 0 Å². The van der Waals surface area contributed by atoms with Crippen LogP contribution in [0, 0.1) is 0 Å². The van der Waals surface area contributed by atoms with E-state index >= 15 is 0 Å². The number of nitrogens with one attached hydrogen (secondary N) is 1. The van der Waals surface area contributed by atoms with Crippen molar-refractivity contribution in [3.63, 3.8) is 0 Å². The highest BCUT2D eigenvalue weighted by atomic mass is 14.9. The van der Waals surface area contributed by atoms with E-state index in [0.29, 0.717) is 12.0 Å². The summed E-state index contributed by atoms with van der Waals surface area (Å²) in [5.74, 6) is 0.503. The molecule has 0 radical (unpaired) electrons. The van der Waals surface area contributed by atoms with Gasteiger partial charge < -0.3 is 5.32 Å². The second-order valence-corrected chi connectivity index (χ2v) is 5.50. The summed E-state index contributed by atoms with van der Waals surface area (Å²) in [5.41, 5.74) is 4.40. The van der Waals surface area contributed by atoms with Crippen LogP contribution in [0.2, 0.25) is 0 Å². The van der Waals surface area contributed by atoms with Crippen LogP contribution in [0.25, 0.3) is 0 Å². The zero-order valence-corrected chi connectivity index (χ0v) is 11.8. The third-order valence-electron chi connectivity index (χ3n) is 4.17. The van der Waals surface area contributed by atoms with Crippen LogP contribution in [-0.4, -0.2) is 12.6 Å². The van der Waals surface area contributed by atoms with Crippen molar-refractivity contribution in [2.75, 3.05) is 6.54 Å². The van der Waals surface area contributed by atoms with E-state index < -0.39 is 0 Å². The molecule has 0 saturated heterocycles. The van der Waals surface area contributed by atoms with Gasteiger partial charge in [0.1, 0.15) is 0 Å². The Labute approximate surface area is 121 Å². The normalized spacial score (nSPS) is 21.2. The lowest BCUT2D eigenvalue weighted by Gasteiger charge is -2.32. The number of benzene rings is 2. The molecule has 0 spiro atoms. The molecular formula is C19H21N. The third kappa shape index (κ3) is 2.68. The Kier molecular flexibility index (Phi) is 3.98. The second kappa shape index (κ2) is 6.06. The summed E-state index contributed by atoms with van der Waals surface area (Å²) in [6.45, 7) is 4.69. The molecule has 0 saturated carbocycles. The average molecular weight is 263 g/mol. The first kappa shape index (κ1) is 13.1. The molecule has 0 bridgehead atoms. The van der Waals surface area contributed by atoms with Crippen LogP contribution in [0.4, 0.5) is 0 Å². The van der Waals surface area contributed by atoms with Crippen molar-refractivity contribution in [1.29, 1.82) is 0 Å². The van der Waals surface area contributed by atoms with Gasteiger partial charge in [-0.25, -0.2) is 0 Å². The van der Waals surface area contributed by atoms with Crippen LogP contribution in [-0.2, 0) is 6.42 Å². The molecule has 102 valence electrons. The lowest BCUT2D eigenvalue weighted by atomic mass is 9.77. The molecule has 2 atom stereocenters. The van der Waals surface area contributed by atoms with Crippen LogP contribution in [0.15, 0.2) is 67.3 Å². The lowest BCUT2D eigenvalue weighted by molar-refractivity contribution is 0.451. The highest BCUT2D eigenvalue weighted by Gasteiger charge is 2.27. The maximum atomic E-state index is 3.80. The van der Waals surface area contributed by atoms with E-state index in [4.69, 9.17) is 0 Å². The Bertz CT molecular complexity index is 573. The highest BCUT2D eigenvalue weighted by molar-refractivity contribution is 5.40. The second-order valence-electron chi connectivity index (χ2n) is 5.50. The summed E-state index contributed by atoms with van der Waals surface area (Å²) in [7, 11) is 0. The fourth-order valence-corrected chi connectivity index (χ4v) is 3.23. The molecule has 0 fully saturated rings. The summed E-state index contributed by atoms with van der Waals surface area (Å²) in [6, 6.07) is 20.3. The molecule has 0 heterocycles. The summed E-state index contributed by atoms with van der Waals surface area (Å²) in [6.07, 6.45) is 4.22. The SMILES string of the molecule is C=CCN[C@@H]1Cc2ccccc2[C@@H](c2ccccc2)C1. The summed E-state index contributed by atoms with van der Waals surface area (Å²) in [4.78, 5) is 0. The molecular weight excluding hydrogens is 242 g/mol. The molecule has 3 rings (SSSR count). The lowest BCUT2D eigenvalue weighted by Crippen LogP contribution is -2.36. The molecule has 0 amide bonds. The Morgan fingerprint density at radius 3 is 2.60 bits per heavy atom. The van der Waals surface area contributed by atoms with Gasteiger partial charge in [0, 0.05) is 18.5 Å². The number of hydrogen-bond donors (Lipinski definition) is 1. The first-order chi connectivity index (χ1) is 9.88. The minimum atomic E-state index is 0.503.